The summed E-state index contributed by atoms with van der Waals surface area (Å²) >= 11 is 2.97. The molecule has 3 rings (SSSR count). The van der Waals surface area contributed by atoms with Gasteiger partial charge in [0.15, 0.2) is 0 Å². The van der Waals surface area contributed by atoms with Crippen LogP contribution in [0.5, 0.6) is 0 Å². The number of fused-ring (bicyclic) bond motifs is 1. The number of rotatable bonds is 8. The van der Waals surface area contributed by atoms with Crippen molar-refractivity contribution >= 4 is 51.0 Å². The average Bonchev–Trinajstić information content (AvgIpc) is 3.12. The van der Waals surface area contributed by atoms with Crippen molar-refractivity contribution in [3.63, 3.8) is 0 Å². The summed E-state index contributed by atoms with van der Waals surface area (Å²) in [7, 11) is 0. The highest BCUT2D eigenvalue weighted by Gasteiger charge is 2.14. The van der Waals surface area contributed by atoms with E-state index in [1.165, 1.54) is 23.3 Å². The Morgan fingerprint density at radius 1 is 1.17 bits per heavy atom. The lowest BCUT2D eigenvalue weighted by molar-refractivity contribution is -0.125. The van der Waals surface area contributed by atoms with E-state index in [4.69, 9.17) is 5.26 Å². The standard InChI is InChI=1S/C20H19N5O2S2/c1-28-25-15-10-16-17(9-14(15)13-5-3-2-4-6-13)29-20(24-16)11-18(26)23-12-19(27)22-8-7-21/h2-6,9-10,25H,8,11-12H2,1H3,(H,22,27)(H,23,26). The van der Waals surface area contributed by atoms with Crippen LogP contribution < -0.4 is 15.4 Å². The Balaban J connectivity index is 1.77. The van der Waals surface area contributed by atoms with Crippen LogP contribution in [-0.2, 0) is 16.0 Å². The monoisotopic (exact) mass is 425 g/mol. The minimum atomic E-state index is -0.399. The van der Waals surface area contributed by atoms with Gasteiger partial charge in [-0.15, -0.1) is 11.3 Å². The number of amides is 2. The predicted molar refractivity (Wildman–Crippen MR) is 118 cm³/mol. The summed E-state index contributed by atoms with van der Waals surface area (Å²) in [6.07, 6.45) is 2.05. The van der Waals surface area contributed by atoms with Gasteiger partial charge in [0.2, 0.25) is 11.8 Å². The van der Waals surface area contributed by atoms with Gasteiger partial charge in [0.1, 0.15) is 11.6 Å². The summed E-state index contributed by atoms with van der Waals surface area (Å²) in [5, 5.41) is 14.0. The van der Waals surface area contributed by atoms with E-state index in [-0.39, 0.29) is 25.4 Å². The molecule has 29 heavy (non-hydrogen) atoms. The highest BCUT2D eigenvalue weighted by molar-refractivity contribution is 7.99. The first kappa shape index (κ1) is 20.6. The van der Waals surface area contributed by atoms with E-state index in [1.807, 2.05) is 36.6 Å². The summed E-state index contributed by atoms with van der Waals surface area (Å²) in [5.74, 6) is -0.689. The number of thiazole rings is 1. The van der Waals surface area contributed by atoms with E-state index < -0.39 is 5.91 Å². The third-order valence-electron chi connectivity index (χ3n) is 3.99. The lowest BCUT2D eigenvalue weighted by Crippen LogP contribution is -2.37. The van der Waals surface area contributed by atoms with E-state index in [0.29, 0.717) is 5.01 Å². The van der Waals surface area contributed by atoms with Crippen LogP contribution in [0.2, 0.25) is 0 Å². The first-order chi connectivity index (χ1) is 14.1. The molecule has 3 aromatic rings. The van der Waals surface area contributed by atoms with Crippen molar-refractivity contribution in [2.45, 2.75) is 6.42 Å². The summed E-state index contributed by atoms with van der Waals surface area (Å²) < 4.78 is 4.29. The van der Waals surface area contributed by atoms with Gasteiger partial charge >= 0.3 is 0 Å². The first-order valence-electron chi connectivity index (χ1n) is 8.79. The molecule has 0 bridgehead atoms. The smallest absolute Gasteiger partial charge is 0.240 e. The quantitative estimate of drug-likeness (QED) is 0.378. The second-order valence-corrected chi connectivity index (χ2v) is 7.76. The number of nitriles is 1. The van der Waals surface area contributed by atoms with Crippen LogP contribution in [0.15, 0.2) is 42.5 Å². The van der Waals surface area contributed by atoms with Gasteiger partial charge in [-0.3, -0.25) is 9.59 Å². The fourth-order valence-corrected chi connectivity index (χ4v) is 4.10. The van der Waals surface area contributed by atoms with Gasteiger partial charge in [0, 0.05) is 11.8 Å². The Labute approximate surface area is 176 Å². The Hall–Kier alpha value is -3.09. The zero-order chi connectivity index (χ0) is 20.6. The molecule has 0 saturated carbocycles. The van der Waals surface area contributed by atoms with Gasteiger partial charge in [-0.25, -0.2) is 4.98 Å². The summed E-state index contributed by atoms with van der Waals surface area (Å²) in [4.78, 5) is 28.2. The van der Waals surface area contributed by atoms with Crippen molar-refractivity contribution < 1.29 is 9.59 Å². The van der Waals surface area contributed by atoms with Crippen molar-refractivity contribution in [3.8, 4) is 17.2 Å². The molecule has 0 unspecified atom stereocenters. The summed E-state index contributed by atoms with van der Waals surface area (Å²) in [5.41, 5.74) is 3.95. The molecule has 3 N–H and O–H groups in total. The SMILES string of the molecule is CSNc1cc2nc(CC(=O)NCC(=O)NCC#N)sc2cc1-c1ccccc1. The topological polar surface area (TPSA) is 107 Å². The molecule has 7 nitrogen and oxygen atoms in total. The molecular formula is C20H19N5O2S2. The molecule has 0 spiro atoms. The van der Waals surface area contributed by atoms with Crippen molar-refractivity contribution in [3.05, 3.63) is 47.5 Å². The number of nitrogens with one attached hydrogen (secondary N) is 3. The number of carbonyl (C=O) groups is 2. The van der Waals surface area contributed by atoms with Crippen LogP contribution in [0.3, 0.4) is 0 Å². The number of carbonyl (C=O) groups excluding carboxylic acids is 2. The lowest BCUT2D eigenvalue weighted by atomic mass is 10.0. The lowest BCUT2D eigenvalue weighted by Gasteiger charge is -2.10. The molecule has 0 saturated heterocycles. The number of anilines is 1. The van der Waals surface area contributed by atoms with E-state index in [1.54, 1.807) is 0 Å². The van der Waals surface area contributed by atoms with Gasteiger partial charge < -0.3 is 15.4 Å². The Morgan fingerprint density at radius 3 is 2.69 bits per heavy atom. The van der Waals surface area contributed by atoms with Crippen LogP contribution in [0.1, 0.15) is 5.01 Å². The zero-order valence-corrected chi connectivity index (χ0v) is 17.3. The first-order valence-corrected chi connectivity index (χ1v) is 10.8. The normalized spacial score (nSPS) is 10.3. The second kappa shape index (κ2) is 9.91. The van der Waals surface area contributed by atoms with Crippen LogP contribution >= 0.6 is 23.3 Å². The number of hydrogen-bond donors (Lipinski definition) is 3. The largest absolute Gasteiger partial charge is 0.347 e. The van der Waals surface area contributed by atoms with Crippen molar-refractivity contribution in [2.24, 2.45) is 0 Å². The molecular weight excluding hydrogens is 406 g/mol. The van der Waals surface area contributed by atoms with Gasteiger partial charge in [-0.2, -0.15) is 5.26 Å². The summed E-state index contributed by atoms with van der Waals surface area (Å²) in [6.45, 7) is -0.242. The molecule has 148 valence electrons. The number of benzene rings is 2. The molecule has 0 aliphatic heterocycles. The number of nitrogens with zero attached hydrogens (tertiary/aromatic N) is 2. The molecule has 1 heterocycles. The minimum Gasteiger partial charge on any atom is -0.347 e. The molecule has 0 aliphatic carbocycles. The maximum Gasteiger partial charge on any atom is 0.240 e. The van der Waals surface area contributed by atoms with Crippen molar-refractivity contribution in [1.82, 2.24) is 15.6 Å². The third-order valence-corrected chi connectivity index (χ3v) is 5.43. The maximum atomic E-state index is 12.1. The molecule has 0 fully saturated rings. The minimum absolute atomic E-state index is 0.0806. The Kier molecular flexibility index (Phi) is 7.05. The van der Waals surface area contributed by atoms with Crippen LogP contribution in [0, 0.1) is 11.3 Å². The average molecular weight is 426 g/mol. The molecule has 0 aliphatic rings. The van der Waals surface area contributed by atoms with Gasteiger partial charge in [0.25, 0.3) is 0 Å². The highest BCUT2D eigenvalue weighted by atomic mass is 32.2. The molecule has 1 aromatic heterocycles. The predicted octanol–water partition coefficient (Wildman–Crippen LogP) is 2.95. The molecule has 2 amide bonds. The van der Waals surface area contributed by atoms with Crippen LogP contribution in [0.25, 0.3) is 21.3 Å². The van der Waals surface area contributed by atoms with Crippen molar-refractivity contribution in [2.75, 3.05) is 24.1 Å². The molecule has 9 heteroatoms. The maximum absolute atomic E-state index is 12.1. The van der Waals surface area contributed by atoms with E-state index in [0.717, 1.165) is 27.0 Å². The second-order valence-electron chi connectivity index (χ2n) is 6.03. The van der Waals surface area contributed by atoms with Crippen molar-refractivity contribution in [1.29, 1.82) is 5.26 Å². The van der Waals surface area contributed by atoms with E-state index in [2.05, 4.69) is 38.5 Å². The summed E-state index contributed by atoms with van der Waals surface area (Å²) in [6, 6.07) is 16.0. The van der Waals surface area contributed by atoms with Gasteiger partial charge in [-0.1, -0.05) is 42.3 Å². The van der Waals surface area contributed by atoms with Crippen LogP contribution in [-0.4, -0.2) is 36.1 Å². The fourth-order valence-electron chi connectivity index (χ4n) is 2.73. The fraction of sp³-hybridized carbons (Fsp3) is 0.200. The molecule has 0 radical (unpaired) electrons. The number of aromatic nitrogens is 1. The molecule has 2 aromatic carbocycles. The van der Waals surface area contributed by atoms with E-state index in [9.17, 15) is 9.59 Å². The highest BCUT2D eigenvalue weighted by Crippen LogP contribution is 2.35. The third kappa shape index (κ3) is 5.47. The Bertz CT molecular complexity index is 1060. The van der Waals surface area contributed by atoms with Gasteiger partial charge in [0.05, 0.1) is 34.9 Å². The van der Waals surface area contributed by atoms with Crippen LogP contribution in [0.4, 0.5) is 5.69 Å². The van der Waals surface area contributed by atoms with Gasteiger partial charge in [-0.05, 0) is 17.7 Å². The zero-order valence-electron chi connectivity index (χ0n) is 15.7. The molecule has 0 atom stereocenters. The Morgan fingerprint density at radius 2 is 1.97 bits per heavy atom. The van der Waals surface area contributed by atoms with E-state index >= 15 is 0 Å². The number of hydrogen-bond acceptors (Lipinski definition) is 7.